The maximum Gasteiger partial charge on any atom is 0.326 e. The van der Waals surface area contributed by atoms with Crippen LogP contribution in [0, 0.1) is 5.82 Å². The molecule has 4 rings (SSSR count). The molecule has 0 spiro atoms. The Morgan fingerprint density at radius 2 is 1.63 bits per heavy atom. The molecule has 0 aliphatic carbocycles. The lowest BCUT2D eigenvalue weighted by Crippen LogP contribution is -2.42. The molecule has 1 heterocycles. The van der Waals surface area contributed by atoms with Gasteiger partial charge in [-0.2, -0.15) is 4.31 Å². The van der Waals surface area contributed by atoms with Crippen molar-refractivity contribution in [1.29, 1.82) is 0 Å². The second-order valence-corrected chi connectivity index (χ2v) is 11.4. The summed E-state index contributed by atoms with van der Waals surface area (Å²) in [5, 5.41) is 12.4. The molecule has 0 unspecified atom stereocenters. The second-order valence-electron chi connectivity index (χ2n) is 8.66. The van der Waals surface area contributed by atoms with E-state index in [1.54, 1.807) is 18.2 Å². The van der Waals surface area contributed by atoms with Crippen LogP contribution in [-0.4, -0.2) is 48.8 Å². The molecule has 7 nitrogen and oxygen atoms in total. The zero-order valence-corrected chi connectivity index (χ0v) is 22.2. The SMILES string of the molecule is O=C(N[C@@H](Cc1ccc(C2=CCN(S(=O)(=O)c3ccc(F)cc3)CC2)cc1)C(=O)O)c1c(Cl)cccc1Cl. The smallest absolute Gasteiger partial charge is 0.326 e. The van der Waals surface area contributed by atoms with E-state index >= 15 is 0 Å². The molecule has 1 aliphatic rings. The van der Waals surface area contributed by atoms with E-state index in [2.05, 4.69) is 5.32 Å². The highest BCUT2D eigenvalue weighted by Gasteiger charge is 2.27. The minimum absolute atomic E-state index is 0.0113. The number of carbonyl (C=O) groups is 2. The third-order valence-electron chi connectivity index (χ3n) is 6.18. The third-order valence-corrected chi connectivity index (χ3v) is 8.69. The van der Waals surface area contributed by atoms with Crippen LogP contribution in [0.5, 0.6) is 0 Å². The van der Waals surface area contributed by atoms with Crippen LogP contribution in [0.1, 0.15) is 27.9 Å². The van der Waals surface area contributed by atoms with Gasteiger partial charge in [-0.3, -0.25) is 4.79 Å². The topological polar surface area (TPSA) is 104 Å². The van der Waals surface area contributed by atoms with Gasteiger partial charge >= 0.3 is 5.97 Å². The standard InChI is InChI=1S/C27H23Cl2FN2O5S/c28-22-2-1-3-23(29)25(22)26(33)31-24(27(34)35)16-17-4-6-18(7-5-17)19-12-14-32(15-13-19)38(36,37)21-10-8-20(30)9-11-21/h1-12,24H,13-16H2,(H,31,33)(H,34,35)/t24-/m0/s1. The summed E-state index contributed by atoms with van der Waals surface area (Å²) >= 11 is 12.1. The van der Waals surface area contributed by atoms with Crippen molar-refractivity contribution in [2.45, 2.75) is 23.8 Å². The minimum atomic E-state index is -3.73. The third kappa shape index (κ3) is 6.24. The number of halogens is 3. The highest BCUT2D eigenvalue weighted by molar-refractivity contribution is 7.89. The van der Waals surface area contributed by atoms with Crippen molar-refractivity contribution in [3.63, 3.8) is 0 Å². The number of nitrogens with one attached hydrogen (secondary N) is 1. The number of hydrogen-bond acceptors (Lipinski definition) is 4. The van der Waals surface area contributed by atoms with Crippen molar-refractivity contribution in [3.8, 4) is 0 Å². The minimum Gasteiger partial charge on any atom is -0.480 e. The molecular weight excluding hydrogens is 554 g/mol. The van der Waals surface area contributed by atoms with E-state index in [1.165, 1.54) is 28.6 Å². The van der Waals surface area contributed by atoms with Gasteiger partial charge in [-0.15, -0.1) is 0 Å². The van der Waals surface area contributed by atoms with E-state index < -0.39 is 33.8 Å². The number of nitrogens with zero attached hydrogens (tertiary/aromatic N) is 1. The van der Waals surface area contributed by atoms with Gasteiger partial charge in [0.2, 0.25) is 10.0 Å². The Kier molecular flexibility index (Phi) is 8.52. The molecule has 38 heavy (non-hydrogen) atoms. The molecule has 1 atom stereocenters. The van der Waals surface area contributed by atoms with Crippen molar-refractivity contribution in [2.24, 2.45) is 0 Å². The Hall–Kier alpha value is -3.24. The van der Waals surface area contributed by atoms with Gasteiger partial charge in [0, 0.05) is 19.5 Å². The fourth-order valence-corrected chi connectivity index (χ4v) is 6.07. The first-order valence-corrected chi connectivity index (χ1v) is 13.8. The van der Waals surface area contributed by atoms with Gasteiger partial charge in [0.1, 0.15) is 11.9 Å². The van der Waals surface area contributed by atoms with E-state index in [9.17, 15) is 27.5 Å². The van der Waals surface area contributed by atoms with Crippen LogP contribution in [0.2, 0.25) is 10.0 Å². The zero-order valence-electron chi connectivity index (χ0n) is 19.9. The van der Waals surface area contributed by atoms with Gasteiger partial charge in [-0.25, -0.2) is 17.6 Å². The Bertz CT molecular complexity index is 1470. The van der Waals surface area contributed by atoms with Crippen molar-refractivity contribution in [2.75, 3.05) is 13.1 Å². The van der Waals surface area contributed by atoms with Crippen LogP contribution in [0.15, 0.2) is 77.7 Å². The first-order chi connectivity index (χ1) is 18.1. The number of hydrogen-bond donors (Lipinski definition) is 2. The van der Waals surface area contributed by atoms with Gasteiger partial charge in [0.05, 0.1) is 20.5 Å². The first-order valence-electron chi connectivity index (χ1n) is 11.6. The van der Waals surface area contributed by atoms with E-state index in [-0.39, 0.29) is 40.0 Å². The van der Waals surface area contributed by atoms with Crippen molar-refractivity contribution < 1.29 is 27.5 Å². The predicted molar refractivity (Wildman–Crippen MR) is 143 cm³/mol. The number of carboxylic acid groups (broad SMARTS) is 1. The van der Waals surface area contributed by atoms with Crippen LogP contribution in [0.25, 0.3) is 5.57 Å². The molecule has 0 saturated carbocycles. The molecule has 1 aliphatic heterocycles. The lowest BCUT2D eigenvalue weighted by atomic mass is 9.97. The van der Waals surface area contributed by atoms with Crippen molar-refractivity contribution >= 4 is 50.7 Å². The number of benzene rings is 3. The summed E-state index contributed by atoms with van der Waals surface area (Å²) in [6, 6.07) is 15.3. The normalized spacial score (nSPS) is 15.0. The molecular formula is C27H23Cl2FN2O5S. The van der Waals surface area contributed by atoms with Crippen LogP contribution >= 0.6 is 23.2 Å². The fourth-order valence-electron chi connectivity index (χ4n) is 4.12. The van der Waals surface area contributed by atoms with Gasteiger partial charge in [-0.1, -0.05) is 59.6 Å². The molecule has 0 bridgehead atoms. The Balaban J connectivity index is 1.42. The largest absolute Gasteiger partial charge is 0.480 e. The molecule has 0 aromatic heterocycles. The number of amides is 1. The van der Waals surface area contributed by atoms with Gasteiger partial charge in [-0.05, 0) is 59.5 Å². The van der Waals surface area contributed by atoms with E-state index in [0.717, 1.165) is 23.3 Å². The quantitative estimate of drug-likeness (QED) is 0.391. The van der Waals surface area contributed by atoms with E-state index in [4.69, 9.17) is 23.2 Å². The summed E-state index contributed by atoms with van der Waals surface area (Å²) in [5.74, 6) is -2.39. The highest BCUT2D eigenvalue weighted by Crippen LogP contribution is 2.27. The molecule has 3 aromatic carbocycles. The first kappa shape index (κ1) is 27.8. The van der Waals surface area contributed by atoms with Gasteiger partial charge < -0.3 is 10.4 Å². The summed E-state index contributed by atoms with van der Waals surface area (Å²) < 4.78 is 40.2. The molecule has 0 fully saturated rings. The molecule has 198 valence electrons. The van der Waals surface area contributed by atoms with Crippen molar-refractivity contribution in [1.82, 2.24) is 9.62 Å². The molecule has 11 heteroatoms. The second kappa shape index (κ2) is 11.7. The van der Waals surface area contributed by atoms with Gasteiger partial charge in [0.15, 0.2) is 0 Å². The summed E-state index contributed by atoms with van der Waals surface area (Å²) in [7, 11) is -3.73. The number of aliphatic carboxylic acids is 1. The molecule has 1 amide bonds. The summed E-state index contributed by atoms with van der Waals surface area (Å²) in [6.07, 6.45) is 2.34. The number of sulfonamides is 1. The lowest BCUT2D eigenvalue weighted by Gasteiger charge is -2.26. The predicted octanol–water partition coefficient (Wildman–Crippen LogP) is 5.04. The summed E-state index contributed by atoms with van der Waals surface area (Å²) in [4.78, 5) is 24.5. The number of carbonyl (C=O) groups excluding carboxylic acids is 1. The van der Waals surface area contributed by atoms with Gasteiger partial charge in [0.25, 0.3) is 5.91 Å². The molecule has 0 saturated heterocycles. The average molecular weight is 577 g/mol. The monoisotopic (exact) mass is 576 g/mol. The van der Waals surface area contributed by atoms with Crippen LogP contribution in [0.4, 0.5) is 4.39 Å². The molecule has 3 aromatic rings. The summed E-state index contributed by atoms with van der Waals surface area (Å²) in [5.41, 5.74) is 2.53. The zero-order chi connectivity index (χ0) is 27.4. The molecule has 0 radical (unpaired) electrons. The average Bonchev–Trinajstić information content (AvgIpc) is 2.89. The Morgan fingerprint density at radius 3 is 2.18 bits per heavy atom. The van der Waals surface area contributed by atoms with Crippen molar-refractivity contribution in [3.05, 3.63) is 105 Å². The van der Waals surface area contributed by atoms with E-state index in [1.807, 2.05) is 18.2 Å². The Morgan fingerprint density at radius 1 is 1.00 bits per heavy atom. The van der Waals surface area contributed by atoms with Crippen LogP contribution in [0.3, 0.4) is 0 Å². The lowest BCUT2D eigenvalue weighted by molar-refractivity contribution is -0.139. The summed E-state index contributed by atoms with van der Waals surface area (Å²) in [6.45, 7) is 0.444. The number of rotatable bonds is 8. The highest BCUT2D eigenvalue weighted by atomic mass is 35.5. The fraction of sp³-hybridized carbons (Fsp3) is 0.185. The van der Waals surface area contributed by atoms with Crippen LogP contribution < -0.4 is 5.32 Å². The molecule has 2 N–H and O–H groups in total. The number of carboxylic acids is 1. The maximum atomic E-state index is 13.2. The Labute approximate surface area is 229 Å². The van der Waals surface area contributed by atoms with Crippen LogP contribution in [-0.2, 0) is 21.2 Å². The maximum absolute atomic E-state index is 13.2. The van der Waals surface area contributed by atoms with E-state index in [0.29, 0.717) is 12.0 Å².